The molecule has 1 aliphatic heterocycles. The molecule has 1 amide bonds. The van der Waals surface area contributed by atoms with Crippen LogP contribution in [0.1, 0.15) is 23.2 Å². The topological polar surface area (TPSA) is 99.7 Å². The van der Waals surface area contributed by atoms with E-state index in [-0.39, 0.29) is 29.6 Å². The van der Waals surface area contributed by atoms with Crippen molar-refractivity contribution in [3.63, 3.8) is 0 Å². The number of methoxy groups -OCH3 is 1. The number of carbonyl (C=O) groups is 2. The van der Waals surface area contributed by atoms with Gasteiger partial charge in [0.05, 0.1) is 18.1 Å². The molecule has 1 aromatic carbocycles. The number of carboxylic acids is 1. The van der Waals surface area contributed by atoms with Crippen LogP contribution in [0.25, 0.3) is 10.9 Å². The van der Waals surface area contributed by atoms with Crippen LogP contribution in [-0.2, 0) is 9.53 Å². The van der Waals surface area contributed by atoms with Crippen LogP contribution in [0.2, 0.25) is 0 Å². The van der Waals surface area contributed by atoms with Crippen LogP contribution in [-0.4, -0.2) is 52.7 Å². The smallest absolute Gasteiger partial charge is 0.305 e. The zero-order valence-corrected chi connectivity index (χ0v) is 13.2. The van der Waals surface area contributed by atoms with Gasteiger partial charge in [-0.05, 0) is 12.5 Å². The van der Waals surface area contributed by atoms with Gasteiger partial charge >= 0.3 is 5.97 Å². The zero-order valence-electron chi connectivity index (χ0n) is 13.2. The quantitative estimate of drug-likeness (QED) is 0.878. The lowest BCUT2D eigenvalue weighted by Gasteiger charge is -2.23. The summed E-state index contributed by atoms with van der Waals surface area (Å²) in [5.74, 6) is -1.31. The summed E-state index contributed by atoms with van der Waals surface area (Å²) in [6.45, 7) is 0.314. The van der Waals surface area contributed by atoms with E-state index in [9.17, 15) is 14.4 Å². The van der Waals surface area contributed by atoms with Gasteiger partial charge in [-0.15, -0.1) is 0 Å². The van der Waals surface area contributed by atoms with Gasteiger partial charge in [-0.3, -0.25) is 14.4 Å². The highest BCUT2D eigenvalue weighted by atomic mass is 16.5. The van der Waals surface area contributed by atoms with Gasteiger partial charge in [-0.25, -0.2) is 0 Å². The normalized spacial score (nSPS) is 20.5. The average Bonchev–Trinajstić information content (AvgIpc) is 2.95. The Morgan fingerprint density at radius 1 is 1.38 bits per heavy atom. The van der Waals surface area contributed by atoms with Crippen molar-refractivity contribution in [3.05, 3.63) is 46.2 Å². The summed E-state index contributed by atoms with van der Waals surface area (Å²) in [7, 11) is 1.54. The van der Waals surface area contributed by atoms with E-state index >= 15 is 0 Å². The molecule has 1 aromatic heterocycles. The number of likely N-dealkylation sites (tertiary alicyclic amines) is 1. The molecule has 126 valence electrons. The number of para-hydroxylation sites is 1. The number of amides is 1. The van der Waals surface area contributed by atoms with Crippen LogP contribution in [0.3, 0.4) is 0 Å². The molecule has 0 spiro atoms. The van der Waals surface area contributed by atoms with Crippen molar-refractivity contribution in [1.29, 1.82) is 0 Å². The van der Waals surface area contributed by atoms with Crippen LogP contribution in [0, 0.1) is 0 Å². The second kappa shape index (κ2) is 6.45. The molecule has 0 bridgehead atoms. The van der Waals surface area contributed by atoms with Crippen molar-refractivity contribution in [2.45, 2.75) is 25.0 Å². The Balaban J connectivity index is 2.01. The maximum absolute atomic E-state index is 13.0. The summed E-state index contributed by atoms with van der Waals surface area (Å²) in [6, 6.07) is 7.87. The van der Waals surface area contributed by atoms with Gasteiger partial charge in [0.2, 0.25) is 5.56 Å². The summed E-state index contributed by atoms with van der Waals surface area (Å²) < 4.78 is 5.30. The number of nitrogens with zero attached hydrogens (tertiary/aromatic N) is 1. The van der Waals surface area contributed by atoms with Crippen LogP contribution in [0.15, 0.2) is 35.1 Å². The lowest BCUT2D eigenvalue weighted by atomic mass is 10.1. The van der Waals surface area contributed by atoms with Crippen molar-refractivity contribution in [2.75, 3.05) is 13.7 Å². The molecule has 7 heteroatoms. The first-order valence-corrected chi connectivity index (χ1v) is 7.67. The van der Waals surface area contributed by atoms with E-state index in [1.807, 2.05) is 0 Å². The number of nitrogens with one attached hydrogen (secondary N) is 1. The fraction of sp³-hybridized carbons (Fsp3) is 0.353. The molecule has 3 rings (SSSR count). The third kappa shape index (κ3) is 3.03. The number of fused-ring (bicyclic) bond motifs is 1. The second-order valence-electron chi connectivity index (χ2n) is 5.90. The monoisotopic (exact) mass is 330 g/mol. The molecular formula is C17H18N2O5. The Morgan fingerprint density at radius 3 is 2.83 bits per heavy atom. The predicted octanol–water partition coefficient (Wildman–Crippen LogP) is 1.23. The van der Waals surface area contributed by atoms with E-state index in [2.05, 4.69) is 4.98 Å². The summed E-state index contributed by atoms with van der Waals surface area (Å²) in [4.78, 5) is 40.1. The molecule has 24 heavy (non-hydrogen) atoms. The summed E-state index contributed by atoms with van der Waals surface area (Å²) >= 11 is 0. The standard InChI is InChI=1S/C17H18N2O5/c1-24-11-6-10(7-16(21)22)19(9-11)17(23)13-8-15(20)18-14-5-3-2-4-12(13)14/h2-5,8,10-11H,6-7,9H2,1H3,(H,18,20)(H,21,22). The van der Waals surface area contributed by atoms with E-state index in [0.29, 0.717) is 23.9 Å². The number of rotatable bonds is 4. The SMILES string of the molecule is COC1CC(CC(=O)O)N(C(=O)c2cc(=O)[nH]c3ccccc23)C1. The fourth-order valence-electron chi connectivity index (χ4n) is 3.22. The van der Waals surface area contributed by atoms with Gasteiger partial charge in [0, 0.05) is 36.7 Å². The van der Waals surface area contributed by atoms with Crippen molar-refractivity contribution < 1.29 is 19.4 Å². The van der Waals surface area contributed by atoms with Crippen molar-refractivity contribution in [2.24, 2.45) is 0 Å². The molecule has 0 saturated carbocycles. The number of benzene rings is 1. The molecule has 1 saturated heterocycles. The highest BCUT2D eigenvalue weighted by molar-refractivity contribution is 6.06. The molecule has 7 nitrogen and oxygen atoms in total. The first kappa shape index (κ1) is 16.2. The third-order valence-corrected chi connectivity index (χ3v) is 4.36. The van der Waals surface area contributed by atoms with E-state index in [0.717, 1.165) is 0 Å². The lowest BCUT2D eigenvalue weighted by molar-refractivity contribution is -0.137. The maximum Gasteiger partial charge on any atom is 0.305 e. The largest absolute Gasteiger partial charge is 0.481 e. The number of aromatic nitrogens is 1. The summed E-state index contributed by atoms with van der Waals surface area (Å²) in [5.41, 5.74) is 0.487. The Kier molecular flexibility index (Phi) is 4.35. The maximum atomic E-state index is 13.0. The Morgan fingerprint density at radius 2 is 2.12 bits per heavy atom. The van der Waals surface area contributed by atoms with E-state index in [1.165, 1.54) is 11.0 Å². The number of aliphatic carboxylic acids is 1. The molecule has 2 atom stereocenters. The lowest BCUT2D eigenvalue weighted by Crippen LogP contribution is -2.37. The number of carbonyl (C=O) groups excluding carboxylic acids is 1. The molecule has 2 unspecified atom stereocenters. The number of pyridine rings is 1. The number of ether oxygens (including phenoxy) is 1. The highest BCUT2D eigenvalue weighted by Gasteiger charge is 2.37. The van der Waals surface area contributed by atoms with Gasteiger partial charge in [0.15, 0.2) is 0 Å². The molecule has 2 aromatic rings. The van der Waals surface area contributed by atoms with Crippen molar-refractivity contribution in [1.82, 2.24) is 9.88 Å². The van der Waals surface area contributed by atoms with E-state index in [1.54, 1.807) is 31.4 Å². The number of hydrogen-bond acceptors (Lipinski definition) is 4. The number of H-pyrrole nitrogens is 1. The molecule has 0 radical (unpaired) electrons. The minimum atomic E-state index is -0.967. The van der Waals surface area contributed by atoms with Gasteiger partial charge < -0.3 is 19.7 Å². The Bertz CT molecular complexity index is 844. The fourth-order valence-corrected chi connectivity index (χ4v) is 3.22. The van der Waals surface area contributed by atoms with Gasteiger partial charge in [0.25, 0.3) is 5.91 Å². The molecule has 0 aliphatic carbocycles. The Labute approximate surface area is 137 Å². The van der Waals surface area contributed by atoms with Crippen molar-refractivity contribution in [3.8, 4) is 0 Å². The highest BCUT2D eigenvalue weighted by Crippen LogP contribution is 2.26. The van der Waals surface area contributed by atoms with Gasteiger partial charge in [0.1, 0.15) is 0 Å². The minimum absolute atomic E-state index is 0.146. The molecule has 1 aliphatic rings. The predicted molar refractivity (Wildman–Crippen MR) is 87.1 cm³/mol. The molecule has 1 fully saturated rings. The van der Waals surface area contributed by atoms with Crippen LogP contribution >= 0.6 is 0 Å². The Hall–Kier alpha value is -2.67. The minimum Gasteiger partial charge on any atom is -0.481 e. The zero-order chi connectivity index (χ0) is 17.3. The third-order valence-electron chi connectivity index (χ3n) is 4.36. The number of hydrogen-bond donors (Lipinski definition) is 2. The second-order valence-corrected chi connectivity index (χ2v) is 5.90. The first-order chi connectivity index (χ1) is 11.5. The number of aromatic amines is 1. The van der Waals surface area contributed by atoms with Crippen molar-refractivity contribution >= 4 is 22.8 Å². The first-order valence-electron chi connectivity index (χ1n) is 7.67. The van der Waals surface area contributed by atoms with Crippen LogP contribution in [0.4, 0.5) is 0 Å². The van der Waals surface area contributed by atoms with E-state index in [4.69, 9.17) is 9.84 Å². The van der Waals surface area contributed by atoms with Gasteiger partial charge in [-0.2, -0.15) is 0 Å². The summed E-state index contributed by atoms with van der Waals surface area (Å²) in [6.07, 6.45) is 0.120. The van der Waals surface area contributed by atoms with Crippen LogP contribution < -0.4 is 5.56 Å². The summed E-state index contributed by atoms with van der Waals surface area (Å²) in [5, 5.41) is 9.72. The van der Waals surface area contributed by atoms with Gasteiger partial charge in [-0.1, -0.05) is 18.2 Å². The molecular weight excluding hydrogens is 312 g/mol. The van der Waals surface area contributed by atoms with E-state index < -0.39 is 12.0 Å². The van der Waals surface area contributed by atoms with Crippen LogP contribution in [0.5, 0.6) is 0 Å². The number of carboxylic acid groups (broad SMARTS) is 1. The molecule has 2 heterocycles. The average molecular weight is 330 g/mol. The molecule has 2 N–H and O–H groups in total.